The number of nitrogens with one attached hydrogen (secondary N) is 1. The Labute approximate surface area is 122 Å². The molecule has 0 spiro atoms. The standard InChI is InChI=1S/C14H19FN2O4/c15-12-9-11(10-16-14(19)21-8-5-18)1-2-13(12)17-3-6-20-7-4-17/h1-2,9,18H,3-8,10H2,(H,16,19). The number of halogens is 1. The second kappa shape index (κ2) is 7.80. The van der Waals surface area contributed by atoms with Gasteiger partial charge in [0.2, 0.25) is 0 Å². The fourth-order valence-electron chi connectivity index (χ4n) is 2.08. The summed E-state index contributed by atoms with van der Waals surface area (Å²) in [4.78, 5) is 13.2. The van der Waals surface area contributed by atoms with Crippen LogP contribution in [0.5, 0.6) is 0 Å². The minimum absolute atomic E-state index is 0.0594. The van der Waals surface area contributed by atoms with Crippen molar-refractivity contribution in [3.8, 4) is 0 Å². The van der Waals surface area contributed by atoms with Crippen molar-refractivity contribution in [2.45, 2.75) is 6.54 Å². The van der Waals surface area contributed by atoms with Crippen LogP contribution in [0.2, 0.25) is 0 Å². The first kappa shape index (κ1) is 15.5. The number of carbonyl (C=O) groups is 1. The van der Waals surface area contributed by atoms with Crippen LogP contribution in [0, 0.1) is 5.82 Å². The number of anilines is 1. The lowest BCUT2D eigenvalue weighted by Gasteiger charge is -2.29. The van der Waals surface area contributed by atoms with Crippen molar-refractivity contribution < 1.29 is 23.8 Å². The Morgan fingerprint density at radius 1 is 1.43 bits per heavy atom. The van der Waals surface area contributed by atoms with E-state index in [1.165, 1.54) is 6.07 Å². The molecule has 1 aliphatic heterocycles. The van der Waals surface area contributed by atoms with Crippen LogP contribution in [0.1, 0.15) is 5.56 Å². The molecule has 6 nitrogen and oxygen atoms in total. The van der Waals surface area contributed by atoms with E-state index < -0.39 is 6.09 Å². The highest BCUT2D eigenvalue weighted by atomic mass is 19.1. The number of hydrogen-bond donors (Lipinski definition) is 2. The van der Waals surface area contributed by atoms with Crippen molar-refractivity contribution in [3.63, 3.8) is 0 Å². The number of hydrogen-bond acceptors (Lipinski definition) is 5. The van der Waals surface area contributed by atoms with Gasteiger partial charge in [-0.3, -0.25) is 0 Å². The predicted octanol–water partition coefficient (Wildman–Crippen LogP) is 0.881. The van der Waals surface area contributed by atoms with Crippen LogP contribution in [0.15, 0.2) is 18.2 Å². The number of ether oxygens (including phenoxy) is 2. The van der Waals surface area contributed by atoms with E-state index in [1.807, 2.05) is 4.90 Å². The van der Waals surface area contributed by atoms with Gasteiger partial charge in [-0.25, -0.2) is 9.18 Å². The number of benzene rings is 1. The summed E-state index contributed by atoms with van der Waals surface area (Å²) in [6, 6.07) is 4.87. The Morgan fingerprint density at radius 2 is 2.19 bits per heavy atom. The van der Waals surface area contributed by atoms with Crippen LogP contribution >= 0.6 is 0 Å². The molecule has 1 fully saturated rings. The number of nitrogens with zero attached hydrogens (tertiary/aromatic N) is 1. The maximum Gasteiger partial charge on any atom is 0.407 e. The van der Waals surface area contributed by atoms with Gasteiger partial charge in [0.05, 0.1) is 25.5 Å². The summed E-state index contributed by atoms with van der Waals surface area (Å²) < 4.78 is 24.0. The number of rotatable bonds is 5. The molecule has 21 heavy (non-hydrogen) atoms. The molecule has 2 N–H and O–H groups in total. The second-order valence-electron chi connectivity index (χ2n) is 4.60. The molecule has 0 aliphatic carbocycles. The van der Waals surface area contributed by atoms with Crippen molar-refractivity contribution in [2.75, 3.05) is 44.4 Å². The Kier molecular flexibility index (Phi) is 5.77. The number of aliphatic hydroxyl groups is 1. The molecule has 2 rings (SSSR count). The van der Waals surface area contributed by atoms with Gasteiger partial charge in [0, 0.05) is 19.6 Å². The Morgan fingerprint density at radius 3 is 2.86 bits per heavy atom. The van der Waals surface area contributed by atoms with Crippen molar-refractivity contribution in [1.29, 1.82) is 0 Å². The van der Waals surface area contributed by atoms with Crippen molar-refractivity contribution in [1.82, 2.24) is 5.32 Å². The first-order valence-corrected chi connectivity index (χ1v) is 6.83. The lowest BCUT2D eigenvalue weighted by atomic mass is 10.1. The Hall–Kier alpha value is -1.86. The fraction of sp³-hybridized carbons (Fsp3) is 0.500. The third-order valence-electron chi connectivity index (χ3n) is 3.13. The zero-order valence-electron chi connectivity index (χ0n) is 11.7. The van der Waals surface area contributed by atoms with Gasteiger partial charge in [0.1, 0.15) is 12.4 Å². The van der Waals surface area contributed by atoms with E-state index in [2.05, 4.69) is 10.1 Å². The minimum Gasteiger partial charge on any atom is -0.447 e. The van der Waals surface area contributed by atoms with Gasteiger partial charge in [-0.05, 0) is 17.7 Å². The zero-order chi connectivity index (χ0) is 15.1. The number of aliphatic hydroxyl groups excluding tert-OH is 1. The van der Waals surface area contributed by atoms with Crippen LogP contribution in [-0.4, -0.2) is 50.7 Å². The van der Waals surface area contributed by atoms with E-state index in [1.54, 1.807) is 12.1 Å². The van der Waals surface area contributed by atoms with Crippen LogP contribution < -0.4 is 10.2 Å². The molecule has 1 amide bonds. The summed E-state index contributed by atoms with van der Waals surface area (Å²) in [5.41, 5.74) is 1.19. The van der Waals surface area contributed by atoms with E-state index in [-0.39, 0.29) is 25.6 Å². The first-order valence-electron chi connectivity index (χ1n) is 6.83. The topological polar surface area (TPSA) is 71.0 Å². The third kappa shape index (κ3) is 4.57. The quantitative estimate of drug-likeness (QED) is 0.844. The van der Waals surface area contributed by atoms with Gasteiger partial charge in [0.25, 0.3) is 0 Å². The normalized spacial score (nSPS) is 14.9. The molecule has 0 aromatic heterocycles. The van der Waals surface area contributed by atoms with Gasteiger partial charge >= 0.3 is 6.09 Å². The Balaban J connectivity index is 1.90. The maximum absolute atomic E-state index is 14.1. The molecule has 0 unspecified atom stereocenters. The number of morpholine rings is 1. The smallest absolute Gasteiger partial charge is 0.407 e. The third-order valence-corrected chi connectivity index (χ3v) is 3.13. The van der Waals surface area contributed by atoms with E-state index in [9.17, 15) is 9.18 Å². The van der Waals surface area contributed by atoms with Gasteiger partial charge in [-0.2, -0.15) is 0 Å². The van der Waals surface area contributed by atoms with Gasteiger partial charge < -0.3 is 24.8 Å². The first-order chi connectivity index (χ1) is 10.2. The molecule has 1 aromatic carbocycles. The van der Waals surface area contributed by atoms with E-state index in [4.69, 9.17) is 9.84 Å². The molecule has 116 valence electrons. The van der Waals surface area contributed by atoms with Gasteiger partial charge in [0.15, 0.2) is 0 Å². The van der Waals surface area contributed by atoms with E-state index in [0.717, 1.165) is 0 Å². The molecular weight excluding hydrogens is 279 g/mol. The predicted molar refractivity (Wildman–Crippen MR) is 74.7 cm³/mol. The molecule has 1 saturated heterocycles. The zero-order valence-corrected chi connectivity index (χ0v) is 11.7. The molecule has 7 heteroatoms. The van der Waals surface area contributed by atoms with E-state index in [0.29, 0.717) is 37.6 Å². The monoisotopic (exact) mass is 298 g/mol. The summed E-state index contributed by atoms with van der Waals surface area (Å²) in [7, 11) is 0. The summed E-state index contributed by atoms with van der Waals surface area (Å²) in [6.45, 7) is 2.42. The maximum atomic E-state index is 14.1. The Bertz CT molecular complexity index is 478. The van der Waals surface area contributed by atoms with Gasteiger partial charge in [-0.15, -0.1) is 0 Å². The molecule has 1 aromatic rings. The number of amides is 1. The second-order valence-corrected chi connectivity index (χ2v) is 4.60. The van der Waals surface area contributed by atoms with Crippen molar-refractivity contribution in [3.05, 3.63) is 29.6 Å². The van der Waals surface area contributed by atoms with Crippen molar-refractivity contribution >= 4 is 11.8 Å². The lowest BCUT2D eigenvalue weighted by molar-refractivity contribution is 0.118. The molecule has 0 bridgehead atoms. The summed E-state index contributed by atoms with van der Waals surface area (Å²) in [5.74, 6) is -0.320. The highest BCUT2D eigenvalue weighted by molar-refractivity contribution is 5.67. The van der Waals surface area contributed by atoms with Crippen LogP contribution in [0.4, 0.5) is 14.9 Å². The van der Waals surface area contributed by atoms with E-state index >= 15 is 0 Å². The van der Waals surface area contributed by atoms with Crippen molar-refractivity contribution in [2.24, 2.45) is 0 Å². The molecular formula is C14H19FN2O4. The minimum atomic E-state index is -0.637. The molecule has 1 aliphatic rings. The summed E-state index contributed by atoms with van der Waals surface area (Å²) in [5, 5.41) is 11.0. The average Bonchev–Trinajstić information content (AvgIpc) is 2.52. The molecule has 0 atom stereocenters. The molecule has 0 saturated carbocycles. The fourth-order valence-corrected chi connectivity index (χ4v) is 2.08. The number of alkyl carbamates (subject to hydrolysis) is 1. The number of carbonyl (C=O) groups excluding carboxylic acids is 1. The highest BCUT2D eigenvalue weighted by Gasteiger charge is 2.15. The molecule has 0 radical (unpaired) electrons. The van der Waals surface area contributed by atoms with Crippen LogP contribution in [0.3, 0.4) is 0 Å². The average molecular weight is 298 g/mol. The lowest BCUT2D eigenvalue weighted by Crippen LogP contribution is -2.36. The summed E-state index contributed by atoms with van der Waals surface area (Å²) in [6.07, 6.45) is -0.637. The van der Waals surface area contributed by atoms with Crippen LogP contribution in [0.25, 0.3) is 0 Å². The largest absolute Gasteiger partial charge is 0.447 e. The van der Waals surface area contributed by atoms with Gasteiger partial charge in [-0.1, -0.05) is 6.07 Å². The summed E-state index contributed by atoms with van der Waals surface area (Å²) >= 11 is 0. The molecule has 1 heterocycles. The highest BCUT2D eigenvalue weighted by Crippen LogP contribution is 2.21. The van der Waals surface area contributed by atoms with Crippen LogP contribution in [-0.2, 0) is 16.0 Å². The SMILES string of the molecule is O=C(NCc1ccc(N2CCOCC2)c(F)c1)OCCO.